The first-order valence-electron chi connectivity index (χ1n) is 6.69. The molecule has 0 amide bonds. The highest BCUT2D eigenvalue weighted by Gasteiger charge is 2.29. The Morgan fingerprint density at radius 2 is 2.32 bits per heavy atom. The Kier molecular flexibility index (Phi) is 4.36. The van der Waals surface area contributed by atoms with E-state index in [0.29, 0.717) is 31.4 Å². The predicted octanol–water partition coefficient (Wildman–Crippen LogP) is -0.0121. The van der Waals surface area contributed by atoms with Crippen LogP contribution in [0.4, 0.5) is 0 Å². The van der Waals surface area contributed by atoms with Crippen LogP contribution in [0.15, 0.2) is 11.2 Å². The Balaban J connectivity index is 2.06. The number of aryl methyl sites for hydroxylation is 1. The number of nitrogens with two attached hydrogens (primary N) is 1. The molecule has 0 fully saturated rings. The molecule has 0 radical (unpaired) electrons. The molecule has 1 aromatic heterocycles. The van der Waals surface area contributed by atoms with Crippen molar-refractivity contribution in [2.24, 2.45) is 16.6 Å². The molecular formula is C12H22N6O. The molecule has 1 unspecified atom stereocenters. The molecule has 106 valence electrons. The molecule has 1 atom stereocenters. The van der Waals surface area contributed by atoms with Crippen molar-refractivity contribution in [1.29, 1.82) is 0 Å². The van der Waals surface area contributed by atoms with Gasteiger partial charge in [0.05, 0.1) is 18.8 Å². The van der Waals surface area contributed by atoms with E-state index < -0.39 is 0 Å². The molecule has 0 bridgehead atoms. The number of aliphatic hydroxyl groups is 1. The van der Waals surface area contributed by atoms with Crippen molar-refractivity contribution < 1.29 is 5.11 Å². The number of guanidine groups is 1. The fourth-order valence-corrected chi connectivity index (χ4v) is 2.20. The lowest BCUT2D eigenvalue weighted by Crippen LogP contribution is -2.38. The van der Waals surface area contributed by atoms with Crippen molar-refractivity contribution in [2.45, 2.75) is 32.9 Å². The van der Waals surface area contributed by atoms with Crippen LogP contribution in [0, 0.1) is 5.92 Å². The van der Waals surface area contributed by atoms with Gasteiger partial charge in [0.25, 0.3) is 0 Å². The summed E-state index contributed by atoms with van der Waals surface area (Å²) in [5.41, 5.74) is 6.82. The standard InChI is InChI=1S/C12H22N6O/c1-9(2)7-18-11(6-14-12(18)13)10-8-17(16-15-10)4-3-5-19/h8-9,11,19H,3-7H2,1-2H3,(H2,13,14). The maximum Gasteiger partial charge on any atom is 0.191 e. The number of aliphatic imine (C=N–C) groups is 1. The summed E-state index contributed by atoms with van der Waals surface area (Å²) >= 11 is 0. The van der Waals surface area contributed by atoms with Gasteiger partial charge < -0.3 is 15.7 Å². The van der Waals surface area contributed by atoms with Gasteiger partial charge in [-0.2, -0.15) is 0 Å². The lowest BCUT2D eigenvalue weighted by atomic mass is 10.1. The number of aromatic nitrogens is 3. The molecule has 7 nitrogen and oxygen atoms in total. The number of hydrogen-bond donors (Lipinski definition) is 2. The van der Waals surface area contributed by atoms with Gasteiger partial charge in [0.15, 0.2) is 5.96 Å². The van der Waals surface area contributed by atoms with Gasteiger partial charge in [-0.05, 0) is 12.3 Å². The normalized spacial score (nSPS) is 19.3. The van der Waals surface area contributed by atoms with Crippen LogP contribution in [0.5, 0.6) is 0 Å². The van der Waals surface area contributed by atoms with Crippen molar-refractivity contribution >= 4 is 5.96 Å². The van der Waals surface area contributed by atoms with Crippen LogP contribution in [0.3, 0.4) is 0 Å². The van der Waals surface area contributed by atoms with Gasteiger partial charge in [-0.3, -0.25) is 9.67 Å². The Morgan fingerprint density at radius 1 is 1.53 bits per heavy atom. The highest BCUT2D eigenvalue weighted by atomic mass is 16.3. The lowest BCUT2D eigenvalue weighted by molar-refractivity contribution is 0.276. The third kappa shape index (κ3) is 3.23. The topological polar surface area (TPSA) is 92.6 Å². The SMILES string of the molecule is CC(C)CN1C(N)=NCC1c1cn(CCCO)nn1. The van der Waals surface area contributed by atoms with E-state index in [-0.39, 0.29) is 12.6 Å². The van der Waals surface area contributed by atoms with E-state index in [1.807, 2.05) is 6.20 Å². The van der Waals surface area contributed by atoms with E-state index in [1.54, 1.807) is 4.68 Å². The van der Waals surface area contributed by atoms with Crippen LogP contribution in [0.2, 0.25) is 0 Å². The third-order valence-corrected chi connectivity index (χ3v) is 3.10. The van der Waals surface area contributed by atoms with E-state index in [2.05, 4.69) is 34.1 Å². The predicted molar refractivity (Wildman–Crippen MR) is 72.5 cm³/mol. The fourth-order valence-electron chi connectivity index (χ4n) is 2.20. The second kappa shape index (κ2) is 6.01. The van der Waals surface area contributed by atoms with E-state index in [1.165, 1.54) is 0 Å². The molecular weight excluding hydrogens is 244 g/mol. The van der Waals surface area contributed by atoms with Crippen LogP contribution < -0.4 is 5.73 Å². The molecule has 1 aliphatic rings. The van der Waals surface area contributed by atoms with Gasteiger partial charge in [-0.1, -0.05) is 19.1 Å². The highest BCUT2D eigenvalue weighted by Crippen LogP contribution is 2.24. The minimum atomic E-state index is 0.0882. The summed E-state index contributed by atoms with van der Waals surface area (Å²) in [6, 6.07) is 0.0882. The van der Waals surface area contributed by atoms with E-state index in [0.717, 1.165) is 12.2 Å². The molecule has 7 heteroatoms. The van der Waals surface area contributed by atoms with Gasteiger partial charge in [-0.25, -0.2) is 0 Å². The molecule has 0 aliphatic carbocycles. The summed E-state index contributed by atoms with van der Waals surface area (Å²) in [7, 11) is 0. The molecule has 1 aromatic rings. The minimum absolute atomic E-state index is 0.0882. The molecule has 19 heavy (non-hydrogen) atoms. The molecule has 1 aliphatic heterocycles. The fraction of sp³-hybridized carbons (Fsp3) is 0.750. The van der Waals surface area contributed by atoms with E-state index in [9.17, 15) is 0 Å². The maximum absolute atomic E-state index is 8.82. The van der Waals surface area contributed by atoms with Gasteiger partial charge in [0.1, 0.15) is 5.69 Å². The highest BCUT2D eigenvalue weighted by molar-refractivity contribution is 5.80. The zero-order valence-electron chi connectivity index (χ0n) is 11.5. The molecule has 2 rings (SSSR count). The maximum atomic E-state index is 8.82. The summed E-state index contributed by atoms with van der Waals surface area (Å²) in [5, 5.41) is 17.1. The number of nitrogens with zero attached hydrogens (tertiary/aromatic N) is 5. The summed E-state index contributed by atoms with van der Waals surface area (Å²) in [5.74, 6) is 1.10. The zero-order valence-corrected chi connectivity index (χ0v) is 11.5. The third-order valence-electron chi connectivity index (χ3n) is 3.10. The average Bonchev–Trinajstić information content (AvgIpc) is 2.95. The summed E-state index contributed by atoms with van der Waals surface area (Å²) < 4.78 is 1.76. The van der Waals surface area contributed by atoms with Crippen molar-refractivity contribution in [3.8, 4) is 0 Å². The van der Waals surface area contributed by atoms with Crippen molar-refractivity contribution in [1.82, 2.24) is 19.9 Å². The second-order valence-electron chi connectivity index (χ2n) is 5.24. The van der Waals surface area contributed by atoms with Crippen molar-refractivity contribution in [3.63, 3.8) is 0 Å². The number of hydrogen-bond acceptors (Lipinski definition) is 6. The van der Waals surface area contributed by atoms with Gasteiger partial charge in [-0.15, -0.1) is 5.10 Å². The van der Waals surface area contributed by atoms with Crippen LogP contribution in [0.1, 0.15) is 32.0 Å². The first kappa shape index (κ1) is 13.8. The molecule has 0 spiro atoms. The average molecular weight is 266 g/mol. The first-order chi connectivity index (χ1) is 9.11. The van der Waals surface area contributed by atoms with Crippen LogP contribution in [-0.4, -0.2) is 50.7 Å². The molecule has 2 heterocycles. The van der Waals surface area contributed by atoms with Gasteiger partial charge >= 0.3 is 0 Å². The quantitative estimate of drug-likeness (QED) is 0.755. The first-order valence-corrected chi connectivity index (χ1v) is 6.69. The molecule has 0 saturated carbocycles. The van der Waals surface area contributed by atoms with Crippen LogP contribution >= 0.6 is 0 Å². The van der Waals surface area contributed by atoms with E-state index >= 15 is 0 Å². The van der Waals surface area contributed by atoms with E-state index in [4.69, 9.17) is 10.8 Å². The molecule has 3 N–H and O–H groups in total. The lowest BCUT2D eigenvalue weighted by Gasteiger charge is -2.26. The second-order valence-corrected chi connectivity index (χ2v) is 5.24. The van der Waals surface area contributed by atoms with Gasteiger partial charge in [0.2, 0.25) is 0 Å². The Morgan fingerprint density at radius 3 is 3.00 bits per heavy atom. The van der Waals surface area contributed by atoms with Crippen LogP contribution in [0.25, 0.3) is 0 Å². The molecule has 0 saturated heterocycles. The minimum Gasteiger partial charge on any atom is -0.396 e. The van der Waals surface area contributed by atoms with Crippen molar-refractivity contribution in [2.75, 3.05) is 19.7 Å². The number of aliphatic hydroxyl groups excluding tert-OH is 1. The summed E-state index contributed by atoms with van der Waals surface area (Å²) in [4.78, 5) is 6.39. The molecule has 0 aromatic carbocycles. The summed E-state index contributed by atoms with van der Waals surface area (Å²) in [6.07, 6.45) is 2.60. The zero-order chi connectivity index (χ0) is 13.8. The van der Waals surface area contributed by atoms with Crippen molar-refractivity contribution in [3.05, 3.63) is 11.9 Å². The Labute approximate surface area is 113 Å². The van der Waals surface area contributed by atoms with Gasteiger partial charge in [0, 0.05) is 19.7 Å². The largest absolute Gasteiger partial charge is 0.396 e. The smallest absolute Gasteiger partial charge is 0.191 e. The number of rotatable bonds is 6. The Bertz CT molecular complexity index is 441. The monoisotopic (exact) mass is 266 g/mol. The summed E-state index contributed by atoms with van der Waals surface area (Å²) in [6.45, 7) is 6.65. The van der Waals surface area contributed by atoms with Crippen LogP contribution in [-0.2, 0) is 6.54 Å². The Hall–Kier alpha value is -1.63.